The second kappa shape index (κ2) is 38.1. The fraction of sp³-hybridized carbons (Fsp3) is 0.362. The van der Waals surface area contributed by atoms with Gasteiger partial charge in [-0.2, -0.15) is 4.58 Å². The molecular weight excluding hydrogens is 1830 g/mol. The Labute approximate surface area is 891 Å². The Hall–Kier alpha value is -14.2. The molecule has 6 aromatic heterocycles. The van der Waals surface area contributed by atoms with E-state index >= 15 is 4.79 Å². The van der Waals surface area contributed by atoms with Gasteiger partial charge < -0.3 is 29.9 Å². The highest BCUT2D eigenvalue weighted by atomic mass is 16.3. The number of rotatable bonds is 14. The van der Waals surface area contributed by atoms with Crippen molar-refractivity contribution in [3.05, 3.63) is 327 Å². The summed E-state index contributed by atoms with van der Waals surface area (Å²) in [5.41, 5.74) is 42.4. The van der Waals surface area contributed by atoms with Gasteiger partial charge in [-0.1, -0.05) is 303 Å². The van der Waals surface area contributed by atoms with Crippen molar-refractivity contribution in [2.24, 2.45) is 0 Å². The molecule has 0 saturated carbocycles. The zero-order valence-corrected chi connectivity index (χ0v) is 95.0. The van der Waals surface area contributed by atoms with Gasteiger partial charge in [-0.05, 0) is 303 Å². The number of H-pyrrole nitrogens is 4. The lowest BCUT2D eigenvalue weighted by Gasteiger charge is -2.28. The molecule has 0 saturated heterocycles. The summed E-state index contributed by atoms with van der Waals surface area (Å²) in [5.74, 6) is 14.9. The van der Waals surface area contributed by atoms with E-state index in [1.807, 2.05) is 12.2 Å². The van der Waals surface area contributed by atoms with Crippen LogP contribution in [0.3, 0.4) is 0 Å². The van der Waals surface area contributed by atoms with Crippen molar-refractivity contribution in [1.82, 2.24) is 39.9 Å². The Kier molecular flexibility index (Phi) is 26.5. The van der Waals surface area contributed by atoms with Gasteiger partial charge in [0.2, 0.25) is 11.5 Å². The van der Waals surface area contributed by atoms with Crippen LogP contribution in [0.5, 0.6) is 0 Å². The number of ketones is 1. The SMILES string of the molecule is CCCCc1c2nc(c(-c3cc(C(C)(C)C)cc(C(C)(C)C)c3)c3ccc([nH]3)c(C#Cc3ccc4c(c3)C(C)(C)C(/C=C3/C(=O)C(/C=C5/N(CC)c6ccc(C#Cc7c8nc(c(-c9cc(C(C)(C)C)cc(C(C)(C)C)c9)c9ccc([nH]9)c(CCCC)c9nc(c(-c%10cc(C(C)(C)C)cc(C(C)(C)C)c%10)c%10ccc7[nH]%10)C=C9)C=C8)cc6C5(C)C)=C3O)=[N+]4CC)c3nc(c(-c4cc(C(C)(C)C)cc(C(C)(C)C)c4)c4ccc1[nH]4)C=C3)C=C2. The second-order valence-corrected chi connectivity index (χ2v) is 51.9. The van der Waals surface area contributed by atoms with Gasteiger partial charge in [0.1, 0.15) is 12.3 Å². The van der Waals surface area contributed by atoms with Crippen molar-refractivity contribution < 1.29 is 14.5 Å². The second-order valence-electron chi connectivity index (χ2n) is 51.9. The topological polar surface area (TPSA) is 158 Å². The van der Waals surface area contributed by atoms with E-state index in [1.165, 1.54) is 55.6 Å². The molecule has 1 aliphatic carbocycles. The standard InChI is InChI=1S/C138H152N10O2/c1-33-37-39-95-103-47-55-111(139-103)123(83-67-87(129(5,6)7)75-88(68-83)130(8,9)10)115-59-51-107(143-115)97(108-52-60-116(144-108)124(112-56-48-104(95)140-112)84-69-89(131(11,12)13)76-90(70-84)132(14,15)16)45-41-81-43-63-119-101(65-81)137(29,30)121(147(119)35-3)79-99-127(149)100(128(99)150)80-122-138(31,32)102-66-82(44-64-120(102)148(122)36-4)42-46-98-109-53-61-117(145-109)125(85-71-91(133(17,18)19)77-92(72-85)134(20,21)22)113-57-49-105(141-113)96(40-38-34-2)106-50-58-114(142-106)126(118-62-54-110(98)146-118)86-73-93(135(23,24)25)78-94(74-86)136(26,27)28/h43-44,47-80H,33-40H2,1-32H3,(H4,139,140,141,142,143,144,145,146,149,150)/p+1/b103-95?,104-95?,105-96?,106-96?,107-97?,108-97?,109-98?,110-98?,121-79+,123-111?,123-115?,124-112?,124-116?,125-113?,125-117?,126-114?,126-118?. The van der Waals surface area contributed by atoms with Crippen LogP contribution in [0.4, 0.5) is 11.4 Å². The van der Waals surface area contributed by atoms with Crippen molar-refractivity contribution >= 4 is 116 Å². The maximum atomic E-state index is 15.3. The van der Waals surface area contributed by atoms with Crippen molar-refractivity contribution in [3.63, 3.8) is 0 Å². The minimum absolute atomic E-state index is 0.0204. The van der Waals surface area contributed by atoms with E-state index in [0.29, 0.717) is 13.1 Å². The predicted molar refractivity (Wildman–Crippen MR) is 636 cm³/mol. The van der Waals surface area contributed by atoms with E-state index in [-0.39, 0.29) is 66.0 Å². The van der Waals surface area contributed by atoms with Gasteiger partial charge in [-0.25, -0.2) is 19.9 Å². The summed E-state index contributed by atoms with van der Waals surface area (Å²) in [6, 6.07) is 59.3. The van der Waals surface area contributed by atoms with Crippen LogP contribution in [0.1, 0.15) is 382 Å². The Bertz CT molecular complexity index is 8170. The predicted octanol–water partition coefficient (Wildman–Crippen LogP) is 34.6. The molecule has 16 bridgehead atoms. The van der Waals surface area contributed by atoms with Crippen LogP contribution >= 0.6 is 0 Å². The molecule has 0 unspecified atom stereocenters. The van der Waals surface area contributed by atoms with Crippen LogP contribution < -0.4 is 4.90 Å². The largest absolute Gasteiger partial charge is 0.506 e. The first-order valence-corrected chi connectivity index (χ1v) is 54.6. The summed E-state index contributed by atoms with van der Waals surface area (Å²) < 4.78 is 2.28. The van der Waals surface area contributed by atoms with Crippen molar-refractivity contribution in [1.29, 1.82) is 0 Å². The molecular formula is C138H153N10O2+. The van der Waals surface area contributed by atoms with Gasteiger partial charge >= 0.3 is 0 Å². The highest BCUT2D eigenvalue weighted by molar-refractivity contribution is 6.24. The zero-order valence-electron chi connectivity index (χ0n) is 95.0. The Morgan fingerprint density at radius 1 is 0.347 bits per heavy atom. The van der Waals surface area contributed by atoms with Gasteiger partial charge in [0.25, 0.3) is 0 Å². The van der Waals surface area contributed by atoms with E-state index in [2.05, 4.69) is 481 Å². The fourth-order valence-corrected chi connectivity index (χ4v) is 22.2. The number of carbonyl (C=O) groups is 1. The number of benzene rings is 6. The first-order valence-electron chi connectivity index (χ1n) is 54.6. The van der Waals surface area contributed by atoms with Crippen LogP contribution in [0.25, 0.3) is 137 Å². The number of nitrogens with one attached hydrogen (secondary N) is 4. The monoisotopic (exact) mass is 1980 g/mol. The summed E-state index contributed by atoms with van der Waals surface area (Å²) in [6.45, 7) is 74.1. The molecule has 5 N–H and O–H groups in total. The maximum Gasteiger partial charge on any atom is 0.209 e. The molecule has 6 aliphatic heterocycles. The molecule has 12 aromatic rings. The number of Topliss-reactive ketones (excluding diaryl/α,β-unsaturated/α-hetero) is 1. The summed E-state index contributed by atoms with van der Waals surface area (Å²) in [6.07, 6.45) is 27.2. The van der Waals surface area contributed by atoms with Crippen LogP contribution in [0.2, 0.25) is 0 Å². The summed E-state index contributed by atoms with van der Waals surface area (Å²) in [5, 5.41) is 12.6. The fourth-order valence-electron chi connectivity index (χ4n) is 22.2. The Morgan fingerprint density at radius 3 is 0.980 bits per heavy atom. The van der Waals surface area contributed by atoms with Crippen LogP contribution in [-0.4, -0.2) is 74.1 Å². The third kappa shape index (κ3) is 19.7. The van der Waals surface area contributed by atoms with Crippen LogP contribution in [0, 0.1) is 23.7 Å². The number of aromatic nitrogens is 8. The number of allylic oxidation sites excluding steroid dienone is 5. The van der Waals surface area contributed by atoms with E-state index in [4.69, 9.17) is 19.9 Å². The minimum Gasteiger partial charge on any atom is -0.506 e. The molecule has 0 radical (unpaired) electrons. The first-order chi connectivity index (χ1) is 70.5. The zero-order chi connectivity index (χ0) is 107. The summed E-state index contributed by atoms with van der Waals surface area (Å²) >= 11 is 0. The number of aryl methyl sites for hydroxylation is 2. The number of aliphatic hydroxyl groups excluding tert-OH is 1. The number of fused-ring (bicyclic) bond motifs is 18. The average molecular weight is 1980 g/mol. The maximum absolute atomic E-state index is 15.3. The van der Waals surface area contributed by atoms with E-state index in [9.17, 15) is 5.11 Å². The van der Waals surface area contributed by atoms with Crippen molar-refractivity contribution in [2.75, 3.05) is 18.0 Å². The third-order valence-electron chi connectivity index (χ3n) is 31.7. The number of aromatic amines is 4. The van der Waals surface area contributed by atoms with Gasteiger partial charge in [0.05, 0.1) is 84.3 Å². The number of nitrogens with zero attached hydrogens (tertiary/aromatic N) is 6. The van der Waals surface area contributed by atoms with Crippen LogP contribution in [0.15, 0.2) is 192 Å². The normalized spacial score (nSPS) is 15.6. The number of hydrogen-bond donors (Lipinski definition) is 5. The molecule has 150 heavy (non-hydrogen) atoms. The number of hydrogen-bond acceptors (Lipinski definition) is 7. The molecule has 19 rings (SSSR count). The lowest BCUT2D eigenvalue weighted by Crippen LogP contribution is -2.32. The number of likely N-dealkylation sites (N-methyl/N-ethyl adjacent to an activating group) is 1. The summed E-state index contributed by atoms with van der Waals surface area (Å²) in [7, 11) is 0. The van der Waals surface area contributed by atoms with Crippen molar-refractivity contribution in [2.45, 2.75) is 314 Å². The van der Waals surface area contributed by atoms with Gasteiger partial charge in [-0.15, -0.1) is 0 Å². The molecule has 12 heteroatoms. The highest BCUT2D eigenvalue weighted by Gasteiger charge is 2.48. The lowest BCUT2D eigenvalue weighted by molar-refractivity contribution is -0.433. The summed E-state index contributed by atoms with van der Waals surface area (Å²) in [4.78, 5) is 56.7. The van der Waals surface area contributed by atoms with Gasteiger partial charge in [-0.3, -0.25) is 4.79 Å². The molecule has 0 spiro atoms. The van der Waals surface area contributed by atoms with Gasteiger partial charge in [0.15, 0.2) is 5.71 Å². The van der Waals surface area contributed by atoms with Crippen molar-refractivity contribution in [3.8, 4) is 68.2 Å². The third-order valence-corrected chi connectivity index (χ3v) is 31.7. The molecule has 12 heterocycles. The number of unbranched alkanes of at least 4 members (excludes halogenated alkanes) is 2. The Morgan fingerprint density at radius 2 is 0.653 bits per heavy atom. The number of aliphatic hydroxyl groups is 1. The molecule has 0 atom stereocenters. The molecule has 0 fully saturated rings. The smallest absolute Gasteiger partial charge is 0.209 e. The van der Waals surface area contributed by atoms with E-state index in [1.54, 1.807) is 0 Å². The average Bonchev–Trinajstić information content (AvgIpc) is 1.56. The minimum atomic E-state index is -0.636. The first kappa shape index (κ1) is 104. The van der Waals surface area contributed by atoms with Gasteiger partial charge in [0, 0.05) is 119 Å². The number of carbonyl (C=O) groups excluding carboxylic acids is 1. The molecule has 0 amide bonds. The molecule has 12 nitrogen and oxygen atoms in total. The van der Waals surface area contributed by atoms with E-state index in [0.717, 1.165) is 229 Å². The van der Waals surface area contributed by atoms with Crippen LogP contribution in [-0.2, 0) is 71.8 Å². The lowest BCUT2D eigenvalue weighted by atomic mass is 9.77. The molecule has 6 aromatic carbocycles. The molecule has 766 valence electrons. The highest BCUT2D eigenvalue weighted by Crippen LogP contribution is 2.52. The molecule has 7 aliphatic rings. The quantitative estimate of drug-likeness (QED) is 0.0412. The number of anilines is 1. The van der Waals surface area contributed by atoms with E-state index < -0.39 is 10.8 Å². The Balaban J connectivity index is 0.709.